The highest BCUT2D eigenvalue weighted by Gasteiger charge is 2.28. The molecule has 0 aromatic carbocycles. The van der Waals surface area contributed by atoms with Crippen LogP contribution in [0.2, 0.25) is 0 Å². The standard InChI is InChI=1S/C7H10F3N3O/c8-7(9,10)5-13-4-6(3-12-13)14-2-1-11/h3-4H,1-2,5,11H2. The minimum absolute atomic E-state index is 0.262. The predicted octanol–water partition coefficient (Wildman–Crippen LogP) is 0.783. The molecule has 1 heterocycles. The summed E-state index contributed by atoms with van der Waals surface area (Å²) in [5.41, 5.74) is 5.15. The van der Waals surface area contributed by atoms with Crippen LogP contribution in [0.25, 0.3) is 0 Å². The van der Waals surface area contributed by atoms with E-state index >= 15 is 0 Å². The van der Waals surface area contributed by atoms with Gasteiger partial charge in [0.25, 0.3) is 0 Å². The number of hydrogen-bond donors (Lipinski definition) is 1. The highest BCUT2D eigenvalue weighted by molar-refractivity contribution is 5.11. The number of aromatic nitrogens is 2. The Bertz CT molecular complexity index is 284. The van der Waals surface area contributed by atoms with Crippen molar-refractivity contribution in [2.75, 3.05) is 13.2 Å². The Balaban J connectivity index is 2.51. The second-order valence-electron chi connectivity index (χ2n) is 2.63. The van der Waals surface area contributed by atoms with Crippen molar-refractivity contribution in [1.82, 2.24) is 9.78 Å². The van der Waals surface area contributed by atoms with Crippen molar-refractivity contribution in [2.45, 2.75) is 12.7 Å². The topological polar surface area (TPSA) is 53.1 Å². The van der Waals surface area contributed by atoms with E-state index in [2.05, 4.69) is 5.10 Å². The lowest BCUT2D eigenvalue weighted by atomic mass is 10.6. The quantitative estimate of drug-likeness (QED) is 0.797. The molecule has 1 rings (SSSR count). The summed E-state index contributed by atoms with van der Waals surface area (Å²) < 4.78 is 41.4. The zero-order valence-corrected chi connectivity index (χ0v) is 7.29. The third-order valence-corrected chi connectivity index (χ3v) is 1.34. The van der Waals surface area contributed by atoms with Gasteiger partial charge >= 0.3 is 6.18 Å². The molecule has 0 unspecified atom stereocenters. The Hall–Kier alpha value is -1.24. The SMILES string of the molecule is NCCOc1cnn(CC(F)(F)F)c1. The molecule has 0 amide bonds. The van der Waals surface area contributed by atoms with Gasteiger partial charge in [0.1, 0.15) is 13.2 Å². The molecule has 4 nitrogen and oxygen atoms in total. The molecule has 0 fully saturated rings. The van der Waals surface area contributed by atoms with Gasteiger partial charge in [-0.1, -0.05) is 0 Å². The molecular weight excluding hydrogens is 199 g/mol. The minimum atomic E-state index is -4.27. The number of nitrogens with zero attached hydrogens (tertiary/aromatic N) is 2. The Kier molecular flexibility index (Phi) is 3.34. The van der Waals surface area contributed by atoms with Crippen molar-refractivity contribution in [3.8, 4) is 5.75 Å². The van der Waals surface area contributed by atoms with Crippen LogP contribution in [0.5, 0.6) is 5.75 Å². The second kappa shape index (κ2) is 4.32. The van der Waals surface area contributed by atoms with E-state index in [9.17, 15) is 13.2 Å². The average Bonchev–Trinajstić information content (AvgIpc) is 2.46. The fraction of sp³-hybridized carbons (Fsp3) is 0.571. The highest BCUT2D eigenvalue weighted by atomic mass is 19.4. The molecule has 0 spiro atoms. The van der Waals surface area contributed by atoms with E-state index in [-0.39, 0.29) is 6.61 Å². The van der Waals surface area contributed by atoms with E-state index in [1.165, 1.54) is 12.4 Å². The van der Waals surface area contributed by atoms with Crippen LogP contribution in [0, 0.1) is 0 Å². The summed E-state index contributed by atoms with van der Waals surface area (Å²) >= 11 is 0. The predicted molar refractivity (Wildman–Crippen MR) is 42.8 cm³/mol. The molecule has 14 heavy (non-hydrogen) atoms. The van der Waals surface area contributed by atoms with E-state index in [1.807, 2.05) is 0 Å². The molecule has 0 atom stereocenters. The Morgan fingerprint density at radius 1 is 1.50 bits per heavy atom. The van der Waals surface area contributed by atoms with Gasteiger partial charge in [-0.2, -0.15) is 18.3 Å². The van der Waals surface area contributed by atoms with E-state index < -0.39 is 12.7 Å². The molecule has 1 aromatic heterocycles. The Labute approximate surface area is 78.4 Å². The lowest BCUT2D eigenvalue weighted by Gasteiger charge is -2.05. The van der Waals surface area contributed by atoms with Gasteiger partial charge in [-0.3, -0.25) is 4.68 Å². The van der Waals surface area contributed by atoms with Gasteiger partial charge in [-0.15, -0.1) is 0 Å². The monoisotopic (exact) mass is 209 g/mol. The zero-order chi connectivity index (χ0) is 10.6. The van der Waals surface area contributed by atoms with Gasteiger partial charge in [0.15, 0.2) is 5.75 Å². The molecular formula is C7H10F3N3O. The average molecular weight is 209 g/mol. The smallest absolute Gasteiger partial charge is 0.408 e. The van der Waals surface area contributed by atoms with E-state index in [1.54, 1.807) is 0 Å². The maximum Gasteiger partial charge on any atom is 0.408 e. The number of alkyl halides is 3. The Morgan fingerprint density at radius 3 is 2.79 bits per heavy atom. The fourth-order valence-corrected chi connectivity index (χ4v) is 0.866. The first-order valence-corrected chi connectivity index (χ1v) is 3.93. The van der Waals surface area contributed by atoms with Crippen LogP contribution in [0.4, 0.5) is 13.2 Å². The maximum absolute atomic E-state index is 11.9. The third-order valence-electron chi connectivity index (χ3n) is 1.34. The fourth-order valence-electron chi connectivity index (χ4n) is 0.866. The molecule has 80 valence electrons. The lowest BCUT2D eigenvalue weighted by Crippen LogP contribution is -2.17. The summed E-state index contributed by atoms with van der Waals surface area (Å²) in [6, 6.07) is 0. The molecule has 7 heteroatoms. The minimum Gasteiger partial charge on any atom is -0.489 e. The molecule has 0 aliphatic heterocycles. The van der Waals surface area contributed by atoms with Crippen LogP contribution in [-0.4, -0.2) is 29.1 Å². The molecule has 0 saturated carbocycles. The molecule has 0 aliphatic rings. The normalized spacial score (nSPS) is 11.7. The van der Waals surface area contributed by atoms with Crippen molar-refractivity contribution in [1.29, 1.82) is 0 Å². The number of rotatable bonds is 4. The van der Waals surface area contributed by atoms with Gasteiger partial charge < -0.3 is 10.5 Å². The maximum atomic E-state index is 11.9. The van der Waals surface area contributed by atoms with Gasteiger partial charge in [0.05, 0.1) is 12.4 Å². The lowest BCUT2D eigenvalue weighted by molar-refractivity contribution is -0.142. The summed E-state index contributed by atoms with van der Waals surface area (Å²) in [5, 5.41) is 3.49. The van der Waals surface area contributed by atoms with Crippen LogP contribution < -0.4 is 10.5 Å². The van der Waals surface area contributed by atoms with Crippen molar-refractivity contribution >= 4 is 0 Å². The number of ether oxygens (including phenoxy) is 1. The van der Waals surface area contributed by atoms with Gasteiger partial charge in [-0.05, 0) is 0 Å². The van der Waals surface area contributed by atoms with Crippen molar-refractivity contribution < 1.29 is 17.9 Å². The van der Waals surface area contributed by atoms with Crippen LogP contribution in [0.1, 0.15) is 0 Å². The largest absolute Gasteiger partial charge is 0.489 e. The summed E-state index contributed by atoms with van der Waals surface area (Å²) in [7, 11) is 0. The first kappa shape index (κ1) is 10.8. The Morgan fingerprint density at radius 2 is 2.21 bits per heavy atom. The van der Waals surface area contributed by atoms with Crippen LogP contribution >= 0.6 is 0 Å². The molecule has 2 N–H and O–H groups in total. The van der Waals surface area contributed by atoms with Crippen molar-refractivity contribution in [2.24, 2.45) is 5.73 Å². The van der Waals surface area contributed by atoms with Gasteiger partial charge in [0, 0.05) is 6.54 Å². The summed E-state index contributed by atoms with van der Waals surface area (Å²) in [4.78, 5) is 0. The molecule has 1 aromatic rings. The van der Waals surface area contributed by atoms with Crippen LogP contribution in [0.15, 0.2) is 12.4 Å². The first-order valence-electron chi connectivity index (χ1n) is 3.93. The van der Waals surface area contributed by atoms with E-state index in [4.69, 9.17) is 10.5 Å². The summed E-state index contributed by atoms with van der Waals surface area (Å²) in [5.74, 6) is 0.291. The second-order valence-corrected chi connectivity index (χ2v) is 2.63. The van der Waals surface area contributed by atoms with Crippen molar-refractivity contribution in [3.63, 3.8) is 0 Å². The summed E-state index contributed by atoms with van der Waals surface area (Å²) in [6.07, 6.45) is -1.86. The van der Waals surface area contributed by atoms with E-state index in [0.717, 1.165) is 4.68 Å². The van der Waals surface area contributed by atoms with Crippen molar-refractivity contribution in [3.05, 3.63) is 12.4 Å². The van der Waals surface area contributed by atoms with E-state index in [0.29, 0.717) is 12.3 Å². The molecule has 0 bridgehead atoms. The number of halogens is 3. The third kappa shape index (κ3) is 3.65. The molecule has 0 aliphatic carbocycles. The van der Waals surface area contributed by atoms with Gasteiger partial charge in [0.2, 0.25) is 0 Å². The molecule has 0 saturated heterocycles. The molecule has 0 radical (unpaired) electrons. The summed E-state index contributed by atoms with van der Waals surface area (Å²) in [6.45, 7) is -0.541. The number of hydrogen-bond acceptors (Lipinski definition) is 3. The number of nitrogens with two attached hydrogens (primary N) is 1. The van der Waals surface area contributed by atoms with Gasteiger partial charge in [-0.25, -0.2) is 0 Å². The highest BCUT2D eigenvalue weighted by Crippen LogP contribution is 2.18. The zero-order valence-electron chi connectivity index (χ0n) is 7.29. The first-order chi connectivity index (χ1) is 6.51. The van der Waals surface area contributed by atoms with Crippen LogP contribution in [0.3, 0.4) is 0 Å². The van der Waals surface area contributed by atoms with Crippen LogP contribution in [-0.2, 0) is 6.54 Å².